The van der Waals surface area contributed by atoms with Gasteiger partial charge in [-0.05, 0) is 0 Å². The SMILES string of the molecule is C.N#CCn1ccnc1. The van der Waals surface area contributed by atoms with Crippen molar-refractivity contribution in [1.29, 1.82) is 5.26 Å². The molecule has 0 N–H and O–H groups in total. The number of nitriles is 1. The van der Waals surface area contributed by atoms with Crippen LogP contribution in [0.5, 0.6) is 0 Å². The molecule has 0 aliphatic rings. The van der Waals surface area contributed by atoms with Crippen molar-refractivity contribution in [2.45, 2.75) is 14.0 Å². The lowest BCUT2D eigenvalue weighted by Crippen LogP contribution is -1.88. The summed E-state index contributed by atoms with van der Waals surface area (Å²) in [5.74, 6) is 0. The standard InChI is InChI=1S/C5H5N3.CH4/c6-1-3-8-4-2-7-5-8;/h2,4-5H,3H2;1H4. The van der Waals surface area contributed by atoms with Gasteiger partial charge in [-0.1, -0.05) is 7.43 Å². The fourth-order valence-electron chi connectivity index (χ4n) is 0.462. The summed E-state index contributed by atoms with van der Waals surface area (Å²) in [4.78, 5) is 3.75. The van der Waals surface area contributed by atoms with E-state index in [0.29, 0.717) is 6.54 Å². The molecule has 0 unspecified atom stereocenters. The van der Waals surface area contributed by atoms with Crippen molar-refractivity contribution in [3.63, 3.8) is 0 Å². The summed E-state index contributed by atoms with van der Waals surface area (Å²) in [6, 6.07) is 1.99. The summed E-state index contributed by atoms with van der Waals surface area (Å²) in [5.41, 5.74) is 0. The monoisotopic (exact) mass is 123 g/mol. The minimum absolute atomic E-state index is 0. The van der Waals surface area contributed by atoms with Gasteiger partial charge in [0, 0.05) is 12.4 Å². The molecular weight excluding hydrogens is 114 g/mol. The first-order chi connectivity index (χ1) is 3.93. The van der Waals surface area contributed by atoms with Crippen LogP contribution in [-0.2, 0) is 6.54 Å². The number of hydrogen-bond acceptors (Lipinski definition) is 2. The van der Waals surface area contributed by atoms with Gasteiger partial charge in [0.25, 0.3) is 0 Å². The predicted molar refractivity (Wildman–Crippen MR) is 34.6 cm³/mol. The van der Waals surface area contributed by atoms with Gasteiger partial charge in [-0.15, -0.1) is 0 Å². The molecule has 0 aliphatic heterocycles. The van der Waals surface area contributed by atoms with E-state index in [4.69, 9.17) is 5.26 Å². The second-order valence-corrected chi connectivity index (χ2v) is 1.39. The zero-order chi connectivity index (χ0) is 5.82. The summed E-state index contributed by atoms with van der Waals surface area (Å²) in [5, 5.41) is 8.14. The smallest absolute Gasteiger partial charge is 0.111 e. The quantitative estimate of drug-likeness (QED) is 0.560. The Hall–Kier alpha value is -1.30. The molecule has 0 saturated heterocycles. The van der Waals surface area contributed by atoms with Crippen molar-refractivity contribution in [2.24, 2.45) is 0 Å². The van der Waals surface area contributed by atoms with E-state index in [0.717, 1.165) is 0 Å². The summed E-state index contributed by atoms with van der Waals surface area (Å²) < 4.78 is 1.71. The van der Waals surface area contributed by atoms with Crippen LogP contribution in [-0.4, -0.2) is 9.55 Å². The lowest BCUT2D eigenvalue weighted by atomic mass is 10.7. The second kappa shape index (κ2) is 3.67. The average molecular weight is 123 g/mol. The van der Waals surface area contributed by atoms with Crippen LogP contribution in [0.25, 0.3) is 0 Å². The van der Waals surface area contributed by atoms with Gasteiger partial charge in [0.05, 0.1) is 12.4 Å². The zero-order valence-corrected chi connectivity index (χ0v) is 4.28. The number of aromatic nitrogens is 2. The molecule has 48 valence electrons. The third-order valence-electron chi connectivity index (χ3n) is 0.812. The van der Waals surface area contributed by atoms with E-state index in [-0.39, 0.29) is 7.43 Å². The Labute approximate surface area is 54.6 Å². The largest absolute Gasteiger partial charge is 0.324 e. The van der Waals surface area contributed by atoms with E-state index in [1.165, 1.54) is 0 Å². The van der Waals surface area contributed by atoms with Gasteiger partial charge in [-0.2, -0.15) is 5.26 Å². The van der Waals surface area contributed by atoms with Crippen LogP contribution < -0.4 is 0 Å². The Morgan fingerprint density at radius 1 is 1.67 bits per heavy atom. The van der Waals surface area contributed by atoms with Crippen molar-refractivity contribution >= 4 is 0 Å². The van der Waals surface area contributed by atoms with E-state index in [1.807, 2.05) is 6.07 Å². The van der Waals surface area contributed by atoms with Gasteiger partial charge in [0.15, 0.2) is 0 Å². The number of nitrogens with zero attached hydrogens (tertiary/aromatic N) is 3. The molecule has 1 aromatic heterocycles. The van der Waals surface area contributed by atoms with Gasteiger partial charge in [0.2, 0.25) is 0 Å². The Morgan fingerprint density at radius 3 is 2.89 bits per heavy atom. The fourth-order valence-corrected chi connectivity index (χ4v) is 0.462. The summed E-state index contributed by atoms with van der Waals surface area (Å²) in [7, 11) is 0. The molecule has 0 aromatic carbocycles. The highest BCUT2D eigenvalue weighted by Crippen LogP contribution is 1.81. The van der Waals surface area contributed by atoms with Crippen LogP contribution in [0.2, 0.25) is 0 Å². The Bertz CT molecular complexity index is 183. The molecule has 3 heteroatoms. The van der Waals surface area contributed by atoms with Crippen LogP contribution in [0.1, 0.15) is 7.43 Å². The maximum atomic E-state index is 8.14. The normalized spacial score (nSPS) is 7.44. The van der Waals surface area contributed by atoms with Gasteiger partial charge >= 0.3 is 0 Å². The van der Waals surface area contributed by atoms with E-state index in [1.54, 1.807) is 23.3 Å². The van der Waals surface area contributed by atoms with Crippen molar-refractivity contribution < 1.29 is 0 Å². The van der Waals surface area contributed by atoms with E-state index >= 15 is 0 Å². The molecule has 3 nitrogen and oxygen atoms in total. The molecule has 0 radical (unpaired) electrons. The summed E-state index contributed by atoms with van der Waals surface area (Å²) in [6.07, 6.45) is 5.02. The Kier molecular flexibility index (Phi) is 3.14. The summed E-state index contributed by atoms with van der Waals surface area (Å²) in [6.45, 7) is 0.389. The van der Waals surface area contributed by atoms with Gasteiger partial charge in [-0.3, -0.25) is 0 Å². The maximum Gasteiger partial charge on any atom is 0.111 e. The molecule has 0 aliphatic carbocycles. The lowest BCUT2D eigenvalue weighted by Gasteiger charge is -1.85. The lowest BCUT2D eigenvalue weighted by molar-refractivity contribution is 0.830. The minimum atomic E-state index is 0. The molecule has 0 atom stereocenters. The third kappa shape index (κ3) is 1.96. The van der Waals surface area contributed by atoms with Crippen LogP contribution in [0, 0.1) is 11.3 Å². The molecular formula is C6H9N3. The van der Waals surface area contributed by atoms with Gasteiger partial charge in [-0.25, -0.2) is 4.98 Å². The first-order valence-electron chi connectivity index (χ1n) is 2.26. The molecule has 0 bridgehead atoms. The fraction of sp³-hybridized carbons (Fsp3) is 0.333. The van der Waals surface area contributed by atoms with Gasteiger partial charge < -0.3 is 4.57 Å². The topological polar surface area (TPSA) is 41.6 Å². The highest BCUT2D eigenvalue weighted by atomic mass is 15.0. The third-order valence-corrected chi connectivity index (χ3v) is 0.812. The Balaban J connectivity index is 0.000000640. The molecule has 1 heterocycles. The first-order valence-corrected chi connectivity index (χ1v) is 2.26. The number of imidazole rings is 1. The molecule has 1 rings (SSSR count). The van der Waals surface area contributed by atoms with Crippen LogP contribution in [0.15, 0.2) is 18.7 Å². The number of rotatable bonds is 1. The highest BCUT2D eigenvalue weighted by molar-refractivity contribution is 4.80. The average Bonchev–Trinajstić information content (AvgIpc) is 2.19. The van der Waals surface area contributed by atoms with Crippen LogP contribution in [0.3, 0.4) is 0 Å². The van der Waals surface area contributed by atoms with Crippen molar-refractivity contribution in [2.75, 3.05) is 0 Å². The molecule has 0 saturated carbocycles. The molecule has 1 aromatic rings. The molecule has 0 amide bonds. The van der Waals surface area contributed by atoms with E-state index in [9.17, 15) is 0 Å². The molecule has 9 heavy (non-hydrogen) atoms. The van der Waals surface area contributed by atoms with Crippen molar-refractivity contribution in [1.82, 2.24) is 9.55 Å². The van der Waals surface area contributed by atoms with Crippen LogP contribution >= 0.6 is 0 Å². The van der Waals surface area contributed by atoms with Gasteiger partial charge in [0.1, 0.15) is 6.54 Å². The number of hydrogen-bond donors (Lipinski definition) is 0. The molecule has 0 spiro atoms. The van der Waals surface area contributed by atoms with Crippen LogP contribution in [0.4, 0.5) is 0 Å². The highest BCUT2D eigenvalue weighted by Gasteiger charge is 1.81. The second-order valence-electron chi connectivity index (χ2n) is 1.39. The first kappa shape index (κ1) is 7.70. The van der Waals surface area contributed by atoms with E-state index < -0.39 is 0 Å². The Morgan fingerprint density at radius 2 is 2.44 bits per heavy atom. The predicted octanol–water partition coefficient (Wildman–Crippen LogP) is 1.04. The summed E-state index contributed by atoms with van der Waals surface area (Å²) >= 11 is 0. The van der Waals surface area contributed by atoms with E-state index in [2.05, 4.69) is 4.98 Å². The molecule has 0 fully saturated rings. The van der Waals surface area contributed by atoms with Crippen molar-refractivity contribution in [3.05, 3.63) is 18.7 Å². The minimum Gasteiger partial charge on any atom is -0.324 e. The maximum absolute atomic E-state index is 8.14. The zero-order valence-electron chi connectivity index (χ0n) is 4.28. The van der Waals surface area contributed by atoms with Crippen molar-refractivity contribution in [3.8, 4) is 6.07 Å².